The van der Waals surface area contributed by atoms with Crippen molar-refractivity contribution in [3.63, 3.8) is 0 Å². The minimum atomic E-state index is 0. The van der Waals surface area contributed by atoms with E-state index >= 15 is 0 Å². The first-order chi connectivity index (χ1) is 13.2. The monoisotopic (exact) mass is 538 g/mol. The third-order valence-corrected chi connectivity index (χ3v) is 7.18. The van der Waals surface area contributed by atoms with Gasteiger partial charge in [0.25, 0.3) is 0 Å². The van der Waals surface area contributed by atoms with Crippen molar-refractivity contribution in [3.8, 4) is 0 Å². The SMILES string of the molecule is CCNC(=NCC1(SC)CCOCC1)N1CCN(c2ccccc2Cl)CC1.I. The van der Waals surface area contributed by atoms with E-state index in [9.17, 15) is 0 Å². The fraction of sp³-hybridized carbons (Fsp3) is 0.650. The van der Waals surface area contributed by atoms with E-state index in [1.807, 2.05) is 23.9 Å². The summed E-state index contributed by atoms with van der Waals surface area (Å²) in [7, 11) is 0. The van der Waals surface area contributed by atoms with Gasteiger partial charge in [-0.15, -0.1) is 24.0 Å². The van der Waals surface area contributed by atoms with Crippen LogP contribution in [0.4, 0.5) is 5.69 Å². The number of halogens is 2. The zero-order chi connectivity index (χ0) is 19.1. The molecule has 0 amide bonds. The summed E-state index contributed by atoms with van der Waals surface area (Å²) in [5.74, 6) is 1.04. The minimum Gasteiger partial charge on any atom is -0.381 e. The lowest BCUT2D eigenvalue weighted by atomic mass is 9.99. The average molecular weight is 539 g/mol. The molecule has 8 heteroatoms. The second kappa shape index (κ2) is 11.7. The number of ether oxygens (including phenoxy) is 1. The number of guanidine groups is 1. The van der Waals surface area contributed by atoms with Crippen LogP contribution in [0, 0.1) is 0 Å². The fourth-order valence-corrected chi connectivity index (χ4v) is 4.71. The summed E-state index contributed by atoms with van der Waals surface area (Å²) in [5.41, 5.74) is 1.13. The maximum absolute atomic E-state index is 6.37. The quantitative estimate of drug-likeness (QED) is 0.349. The number of aliphatic imine (C=N–C) groups is 1. The molecule has 2 fully saturated rings. The molecule has 2 saturated heterocycles. The van der Waals surface area contributed by atoms with Gasteiger partial charge in [0.05, 0.1) is 17.3 Å². The Morgan fingerprint density at radius 2 is 1.89 bits per heavy atom. The van der Waals surface area contributed by atoms with Gasteiger partial charge < -0.3 is 19.9 Å². The van der Waals surface area contributed by atoms with Gasteiger partial charge in [-0.25, -0.2) is 0 Å². The van der Waals surface area contributed by atoms with E-state index in [4.69, 9.17) is 21.3 Å². The average Bonchev–Trinajstić information content (AvgIpc) is 2.72. The predicted octanol–water partition coefficient (Wildman–Crippen LogP) is 3.96. The lowest BCUT2D eigenvalue weighted by Gasteiger charge is -2.39. The summed E-state index contributed by atoms with van der Waals surface area (Å²) < 4.78 is 5.78. The summed E-state index contributed by atoms with van der Waals surface area (Å²) in [6.45, 7) is 9.38. The van der Waals surface area contributed by atoms with E-state index < -0.39 is 0 Å². The largest absolute Gasteiger partial charge is 0.381 e. The molecule has 5 nitrogen and oxygen atoms in total. The smallest absolute Gasteiger partial charge is 0.194 e. The number of benzene rings is 1. The normalized spacial score (nSPS) is 19.9. The van der Waals surface area contributed by atoms with Gasteiger partial charge in [0.15, 0.2) is 5.96 Å². The van der Waals surface area contributed by atoms with E-state index in [0.29, 0.717) is 0 Å². The Kier molecular flexibility index (Phi) is 10.00. The van der Waals surface area contributed by atoms with Crippen molar-refractivity contribution < 1.29 is 4.74 Å². The highest BCUT2D eigenvalue weighted by Crippen LogP contribution is 2.34. The molecule has 1 aromatic rings. The number of para-hydroxylation sites is 1. The van der Waals surface area contributed by atoms with Crippen LogP contribution in [0.5, 0.6) is 0 Å². The maximum Gasteiger partial charge on any atom is 0.194 e. The Balaban J connectivity index is 0.00000280. The number of rotatable bonds is 5. The Morgan fingerprint density at radius 1 is 1.21 bits per heavy atom. The molecule has 0 bridgehead atoms. The van der Waals surface area contributed by atoms with E-state index in [-0.39, 0.29) is 28.7 Å². The summed E-state index contributed by atoms with van der Waals surface area (Å²) in [6, 6.07) is 8.10. The molecule has 2 aliphatic heterocycles. The molecule has 0 aromatic heterocycles. The fourth-order valence-electron chi connectivity index (χ4n) is 3.68. The van der Waals surface area contributed by atoms with Crippen molar-refractivity contribution in [2.24, 2.45) is 4.99 Å². The summed E-state index contributed by atoms with van der Waals surface area (Å²) in [5, 5.41) is 4.32. The number of anilines is 1. The van der Waals surface area contributed by atoms with Crippen LogP contribution in [0.1, 0.15) is 19.8 Å². The number of piperazine rings is 1. The summed E-state index contributed by atoms with van der Waals surface area (Å²) >= 11 is 8.31. The first-order valence-electron chi connectivity index (χ1n) is 9.83. The lowest BCUT2D eigenvalue weighted by Crippen LogP contribution is -2.53. The van der Waals surface area contributed by atoms with Crippen molar-refractivity contribution >= 4 is 59.0 Å². The number of thioether (sulfide) groups is 1. The third kappa shape index (κ3) is 6.06. The van der Waals surface area contributed by atoms with Crippen LogP contribution < -0.4 is 10.2 Å². The second-order valence-corrected chi connectivity index (χ2v) is 8.78. The maximum atomic E-state index is 6.37. The van der Waals surface area contributed by atoms with Gasteiger partial charge in [-0.2, -0.15) is 11.8 Å². The molecule has 0 unspecified atom stereocenters. The van der Waals surface area contributed by atoms with Crippen molar-refractivity contribution in [1.29, 1.82) is 0 Å². The molecule has 158 valence electrons. The van der Waals surface area contributed by atoms with Crippen LogP contribution in [0.15, 0.2) is 29.3 Å². The highest BCUT2D eigenvalue weighted by Gasteiger charge is 2.32. The van der Waals surface area contributed by atoms with Crippen LogP contribution >= 0.6 is 47.3 Å². The molecule has 0 spiro atoms. The molecular weight excluding hydrogens is 507 g/mol. The zero-order valence-electron chi connectivity index (χ0n) is 16.8. The summed E-state index contributed by atoms with van der Waals surface area (Å²) in [6.07, 6.45) is 4.37. The molecule has 2 heterocycles. The zero-order valence-corrected chi connectivity index (χ0v) is 20.7. The topological polar surface area (TPSA) is 40.1 Å². The molecule has 0 aliphatic carbocycles. The molecule has 3 rings (SSSR count). The van der Waals surface area contributed by atoms with Crippen LogP contribution in [-0.2, 0) is 4.74 Å². The van der Waals surface area contributed by atoms with E-state index in [1.54, 1.807) is 0 Å². The van der Waals surface area contributed by atoms with Crippen molar-refractivity contribution in [1.82, 2.24) is 10.2 Å². The Morgan fingerprint density at radius 3 is 2.50 bits per heavy atom. The molecule has 1 aromatic carbocycles. The van der Waals surface area contributed by atoms with Crippen molar-refractivity contribution in [3.05, 3.63) is 29.3 Å². The van der Waals surface area contributed by atoms with E-state index in [0.717, 1.165) is 82.0 Å². The van der Waals surface area contributed by atoms with E-state index in [1.165, 1.54) is 0 Å². The first-order valence-corrected chi connectivity index (χ1v) is 11.4. The van der Waals surface area contributed by atoms with Gasteiger partial charge in [0.2, 0.25) is 0 Å². The van der Waals surface area contributed by atoms with Crippen LogP contribution in [0.2, 0.25) is 5.02 Å². The Hall–Kier alpha value is -0.380. The number of nitrogens with one attached hydrogen (secondary N) is 1. The molecule has 1 N–H and O–H groups in total. The highest BCUT2D eigenvalue weighted by atomic mass is 127. The Bertz CT molecular complexity index is 634. The van der Waals surface area contributed by atoms with Crippen LogP contribution in [-0.4, -0.2) is 74.3 Å². The minimum absolute atomic E-state index is 0. The number of nitrogens with zero attached hydrogens (tertiary/aromatic N) is 3. The van der Waals surface area contributed by atoms with Gasteiger partial charge in [-0.1, -0.05) is 23.7 Å². The highest BCUT2D eigenvalue weighted by molar-refractivity contribution is 14.0. The van der Waals surface area contributed by atoms with Crippen LogP contribution in [0.3, 0.4) is 0 Å². The predicted molar refractivity (Wildman–Crippen MR) is 133 cm³/mol. The molecule has 0 atom stereocenters. The van der Waals surface area contributed by atoms with Crippen molar-refractivity contribution in [2.75, 3.05) is 63.6 Å². The number of hydrogen-bond acceptors (Lipinski definition) is 4. The molecule has 0 radical (unpaired) electrons. The van der Waals surface area contributed by atoms with Gasteiger partial charge in [-0.05, 0) is 38.2 Å². The lowest BCUT2D eigenvalue weighted by molar-refractivity contribution is 0.0793. The summed E-state index contributed by atoms with van der Waals surface area (Å²) in [4.78, 5) is 9.77. The molecule has 2 aliphatic rings. The second-order valence-electron chi connectivity index (χ2n) is 7.10. The molecular formula is C20H32ClIN4OS. The van der Waals surface area contributed by atoms with Gasteiger partial charge in [0, 0.05) is 50.7 Å². The molecule has 28 heavy (non-hydrogen) atoms. The van der Waals surface area contributed by atoms with Gasteiger partial charge >= 0.3 is 0 Å². The standard InChI is InChI=1S/C20H31ClN4OS.HI/c1-3-22-19(23-16-20(27-2)8-14-26-15-9-20)25-12-10-24(11-13-25)18-7-5-4-6-17(18)21;/h4-7H,3,8-16H2,1-2H3,(H,22,23);1H. The van der Waals surface area contributed by atoms with E-state index in [2.05, 4.69) is 40.4 Å². The first kappa shape index (κ1) is 23.9. The van der Waals surface area contributed by atoms with Crippen molar-refractivity contribution in [2.45, 2.75) is 24.5 Å². The van der Waals surface area contributed by atoms with Crippen LogP contribution in [0.25, 0.3) is 0 Å². The van der Waals surface area contributed by atoms with Gasteiger partial charge in [0.1, 0.15) is 0 Å². The third-order valence-electron chi connectivity index (χ3n) is 5.46. The number of hydrogen-bond donors (Lipinski definition) is 1. The van der Waals surface area contributed by atoms with Gasteiger partial charge in [-0.3, -0.25) is 4.99 Å². The molecule has 0 saturated carbocycles. The Labute approximate surface area is 195 Å².